The van der Waals surface area contributed by atoms with E-state index in [1.54, 1.807) is 7.11 Å². The number of methoxy groups -OCH3 is 1. The van der Waals surface area contributed by atoms with Crippen molar-refractivity contribution in [2.75, 3.05) is 33.5 Å². The molecular formula is C28H38O6. The Bertz CT molecular complexity index is 883. The largest absolute Gasteiger partial charge is 0.494 e. The SMILES string of the molecule is C=CC(=O)OCCCCCCOc1ccc(-c2ccc(OCCOC(C)(C)C)c(OC)c2)cc1. The zero-order valence-corrected chi connectivity index (χ0v) is 20.9. The highest BCUT2D eigenvalue weighted by Gasteiger charge is 2.11. The van der Waals surface area contributed by atoms with E-state index in [1.165, 1.54) is 6.08 Å². The number of hydrogen-bond donors (Lipinski definition) is 0. The van der Waals surface area contributed by atoms with Gasteiger partial charge in [-0.05, 0) is 81.8 Å². The van der Waals surface area contributed by atoms with E-state index in [2.05, 4.69) is 6.58 Å². The maximum Gasteiger partial charge on any atom is 0.330 e. The molecule has 0 unspecified atom stereocenters. The number of esters is 1. The van der Waals surface area contributed by atoms with Crippen LogP contribution in [0.5, 0.6) is 17.2 Å². The van der Waals surface area contributed by atoms with E-state index in [1.807, 2.05) is 63.2 Å². The molecule has 0 heterocycles. The van der Waals surface area contributed by atoms with Gasteiger partial charge in [0.15, 0.2) is 11.5 Å². The monoisotopic (exact) mass is 470 g/mol. The van der Waals surface area contributed by atoms with Gasteiger partial charge in [0, 0.05) is 6.08 Å². The van der Waals surface area contributed by atoms with Crippen LogP contribution in [-0.2, 0) is 14.3 Å². The Morgan fingerprint density at radius 2 is 1.50 bits per heavy atom. The lowest BCUT2D eigenvalue weighted by atomic mass is 10.0. The highest BCUT2D eigenvalue weighted by atomic mass is 16.5. The first kappa shape index (κ1) is 27.3. The Hall–Kier alpha value is -2.99. The van der Waals surface area contributed by atoms with E-state index in [4.69, 9.17) is 23.7 Å². The molecule has 2 aromatic carbocycles. The van der Waals surface area contributed by atoms with Crippen molar-refractivity contribution in [3.05, 3.63) is 55.1 Å². The van der Waals surface area contributed by atoms with Crippen molar-refractivity contribution in [2.24, 2.45) is 0 Å². The summed E-state index contributed by atoms with van der Waals surface area (Å²) < 4.78 is 27.9. The minimum Gasteiger partial charge on any atom is -0.494 e. The van der Waals surface area contributed by atoms with Gasteiger partial charge in [-0.3, -0.25) is 0 Å². The minimum absolute atomic E-state index is 0.184. The first-order valence-corrected chi connectivity index (χ1v) is 11.8. The van der Waals surface area contributed by atoms with E-state index in [-0.39, 0.29) is 11.6 Å². The minimum atomic E-state index is -0.365. The number of carbonyl (C=O) groups excluding carboxylic acids is 1. The molecule has 0 N–H and O–H groups in total. The summed E-state index contributed by atoms with van der Waals surface area (Å²) in [5, 5.41) is 0. The van der Waals surface area contributed by atoms with Crippen LogP contribution in [0.1, 0.15) is 46.5 Å². The van der Waals surface area contributed by atoms with Gasteiger partial charge in [-0.1, -0.05) is 24.8 Å². The fourth-order valence-electron chi connectivity index (χ4n) is 3.19. The van der Waals surface area contributed by atoms with Crippen molar-refractivity contribution >= 4 is 5.97 Å². The third-order valence-electron chi connectivity index (χ3n) is 4.95. The number of carbonyl (C=O) groups is 1. The lowest BCUT2D eigenvalue weighted by molar-refractivity contribution is -0.137. The Morgan fingerprint density at radius 3 is 2.15 bits per heavy atom. The topological polar surface area (TPSA) is 63.2 Å². The second-order valence-corrected chi connectivity index (χ2v) is 8.83. The molecule has 0 saturated carbocycles. The molecule has 0 amide bonds. The third kappa shape index (κ3) is 10.3. The Kier molecular flexibility index (Phi) is 11.5. The Morgan fingerprint density at radius 1 is 0.824 bits per heavy atom. The van der Waals surface area contributed by atoms with E-state index in [0.717, 1.165) is 42.6 Å². The van der Waals surface area contributed by atoms with Crippen LogP contribution >= 0.6 is 0 Å². The van der Waals surface area contributed by atoms with Crippen LogP contribution in [0.25, 0.3) is 11.1 Å². The number of rotatable bonds is 15. The van der Waals surface area contributed by atoms with E-state index < -0.39 is 0 Å². The lowest BCUT2D eigenvalue weighted by Crippen LogP contribution is -2.22. The third-order valence-corrected chi connectivity index (χ3v) is 4.95. The van der Waals surface area contributed by atoms with Gasteiger partial charge in [0.05, 0.1) is 32.5 Å². The van der Waals surface area contributed by atoms with Gasteiger partial charge >= 0.3 is 5.97 Å². The number of hydrogen-bond acceptors (Lipinski definition) is 6. The maximum atomic E-state index is 11.0. The van der Waals surface area contributed by atoms with Crippen LogP contribution < -0.4 is 14.2 Å². The molecule has 0 radical (unpaired) electrons. The van der Waals surface area contributed by atoms with Crippen molar-refractivity contribution in [1.82, 2.24) is 0 Å². The van der Waals surface area contributed by atoms with Crippen molar-refractivity contribution in [3.63, 3.8) is 0 Å². The normalized spacial score (nSPS) is 11.1. The molecule has 0 aliphatic rings. The van der Waals surface area contributed by atoms with Gasteiger partial charge in [0.1, 0.15) is 12.4 Å². The average Bonchev–Trinajstić information content (AvgIpc) is 2.83. The van der Waals surface area contributed by atoms with Crippen LogP contribution in [-0.4, -0.2) is 45.1 Å². The first-order valence-electron chi connectivity index (χ1n) is 11.8. The molecule has 6 heteroatoms. The fourth-order valence-corrected chi connectivity index (χ4v) is 3.19. The van der Waals surface area contributed by atoms with Crippen molar-refractivity contribution in [3.8, 4) is 28.4 Å². The zero-order valence-electron chi connectivity index (χ0n) is 20.9. The molecule has 0 aromatic heterocycles. The average molecular weight is 471 g/mol. The summed E-state index contributed by atoms with van der Waals surface area (Å²) >= 11 is 0. The van der Waals surface area contributed by atoms with Crippen LogP contribution in [0.15, 0.2) is 55.1 Å². The highest BCUT2D eigenvalue weighted by Crippen LogP contribution is 2.33. The molecule has 6 nitrogen and oxygen atoms in total. The molecule has 34 heavy (non-hydrogen) atoms. The van der Waals surface area contributed by atoms with Gasteiger partial charge in [-0.25, -0.2) is 4.79 Å². The summed E-state index contributed by atoms with van der Waals surface area (Å²) in [4.78, 5) is 11.0. The van der Waals surface area contributed by atoms with E-state index >= 15 is 0 Å². The second kappa shape index (κ2) is 14.3. The Labute approximate surface area is 203 Å². The number of ether oxygens (including phenoxy) is 5. The molecular weight excluding hydrogens is 432 g/mol. The van der Waals surface area contributed by atoms with Gasteiger partial charge in [0.25, 0.3) is 0 Å². The molecule has 0 fully saturated rings. The first-order chi connectivity index (χ1) is 16.3. The van der Waals surface area contributed by atoms with Crippen LogP contribution in [0.4, 0.5) is 0 Å². The molecule has 0 aliphatic heterocycles. The predicted molar refractivity (Wildman–Crippen MR) is 135 cm³/mol. The maximum absolute atomic E-state index is 11.0. The van der Waals surface area contributed by atoms with Crippen molar-refractivity contribution < 1.29 is 28.5 Å². The molecule has 0 atom stereocenters. The summed E-state index contributed by atoms with van der Waals surface area (Å²) in [5.74, 6) is 1.86. The molecule has 186 valence electrons. The molecule has 0 saturated heterocycles. The molecule has 0 bridgehead atoms. The van der Waals surface area contributed by atoms with Gasteiger partial charge in [0.2, 0.25) is 0 Å². The summed E-state index contributed by atoms with van der Waals surface area (Å²) in [5.41, 5.74) is 1.93. The van der Waals surface area contributed by atoms with Crippen LogP contribution in [0.2, 0.25) is 0 Å². The van der Waals surface area contributed by atoms with Gasteiger partial charge in [-0.2, -0.15) is 0 Å². The summed E-state index contributed by atoms with van der Waals surface area (Å²) in [6.45, 7) is 11.5. The van der Waals surface area contributed by atoms with E-state index in [9.17, 15) is 4.79 Å². The predicted octanol–water partition coefficient (Wildman–Crippen LogP) is 6.22. The summed E-state index contributed by atoms with van der Waals surface area (Å²) in [6, 6.07) is 13.9. The summed E-state index contributed by atoms with van der Waals surface area (Å²) in [7, 11) is 1.64. The van der Waals surface area contributed by atoms with Gasteiger partial charge in [-0.15, -0.1) is 0 Å². The fraction of sp³-hybridized carbons (Fsp3) is 0.464. The molecule has 2 rings (SSSR count). The quantitative estimate of drug-likeness (QED) is 0.175. The van der Waals surface area contributed by atoms with Gasteiger partial charge < -0.3 is 23.7 Å². The standard InChI is InChI=1S/C28H38O6/c1-6-27(29)33-18-10-8-7-9-17-31-24-14-11-22(12-15-24)23-13-16-25(26(21-23)30-5)32-19-20-34-28(2,3)4/h6,11-16,21H,1,7-10,17-20H2,2-5H3. The lowest BCUT2D eigenvalue weighted by Gasteiger charge is -2.20. The van der Waals surface area contributed by atoms with Crippen LogP contribution in [0, 0.1) is 0 Å². The Balaban J connectivity index is 1.77. The summed E-state index contributed by atoms with van der Waals surface area (Å²) in [6.07, 6.45) is 5.02. The molecule has 2 aromatic rings. The molecule has 0 spiro atoms. The molecule has 0 aliphatic carbocycles. The zero-order chi connectivity index (χ0) is 24.8. The van der Waals surface area contributed by atoms with E-state index in [0.29, 0.717) is 37.9 Å². The van der Waals surface area contributed by atoms with Crippen molar-refractivity contribution in [2.45, 2.75) is 52.1 Å². The number of benzene rings is 2. The second-order valence-electron chi connectivity index (χ2n) is 8.83. The number of unbranched alkanes of at least 4 members (excludes halogenated alkanes) is 3. The highest BCUT2D eigenvalue weighted by molar-refractivity contribution is 5.81. The van der Waals surface area contributed by atoms with Crippen LogP contribution in [0.3, 0.4) is 0 Å². The smallest absolute Gasteiger partial charge is 0.330 e. The van der Waals surface area contributed by atoms with Crippen molar-refractivity contribution in [1.29, 1.82) is 0 Å².